The summed E-state index contributed by atoms with van der Waals surface area (Å²) in [6, 6.07) is 4.13. The number of benzene rings is 1. The number of nitrogens with zero attached hydrogens (tertiary/aromatic N) is 4. The second-order valence-corrected chi connectivity index (χ2v) is 11.8. The number of aromatic nitrogens is 3. The summed E-state index contributed by atoms with van der Waals surface area (Å²) in [5, 5.41) is 9.08. The van der Waals surface area contributed by atoms with Crippen LogP contribution in [0.1, 0.15) is 67.9 Å². The van der Waals surface area contributed by atoms with Gasteiger partial charge in [-0.05, 0) is 68.2 Å². The third-order valence-corrected chi connectivity index (χ3v) is 8.60. The van der Waals surface area contributed by atoms with Crippen LogP contribution in [-0.4, -0.2) is 39.8 Å². The number of ketones is 1. The van der Waals surface area contributed by atoms with E-state index in [1.54, 1.807) is 50.4 Å². The van der Waals surface area contributed by atoms with Crippen LogP contribution < -0.4 is 15.2 Å². The molecule has 1 aliphatic heterocycles. The Bertz CT molecular complexity index is 1420. The number of likely N-dealkylation sites (N-methyl/N-ethyl adjacent to an activating group) is 1. The second kappa shape index (κ2) is 8.26. The van der Waals surface area contributed by atoms with Gasteiger partial charge >= 0.3 is 0 Å². The molecule has 184 valence electrons. The van der Waals surface area contributed by atoms with Gasteiger partial charge in [-0.1, -0.05) is 26.0 Å². The summed E-state index contributed by atoms with van der Waals surface area (Å²) in [4.78, 5) is 42.6. The summed E-state index contributed by atoms with van der Waals surface area (Å²) >= 11 is 1.55. The minimum Gasteiger partial charge on any atom is -0.479 e. The van der Waals surface area contributed by atoms with Gasteiger partial charge in [-0.2, -0.15) is 4.68 Å². The standard InChI is InChI=1S/C26H30N4O4S/c1-13(22(31)15-7-10-19-18(11-15)29(6)24(32)14(2)34-19)30-25(33)21-17-9-8-16(26(3,4)5)12-20(17)35-23(21)27-28-30/h7,10-11,13-14,16H,8-9,12H2,1-6H3. The van der Waals surface area contributed by atoms with Gasteiger partial charge < -0.3 is 9.64 Å². The predicted molar refractivity (Wildman–Crippen MR) is 136 cm³/mol. The van der Waals surface area contributed by atoms with Crippen molar-refractivity contribution in [3.05, 3.63) is 44.6 Å². The molecule has 1 amide bonds. The van der Waals surface area contributed by atoms with Crippen LogP contribution >= 0.6 is 11.3 Å². The molecule has 2 aromatic heterocycles. The molecule has 1 aromatic carbocycles. The van der Waals surface area contributed by atoms with Crippen LogP contribution in [0, 0.1) is 11.3 Å². The number of carbonyl (C=O) groups excluding carboxylic acids is 2. The molecule has 1 aliphatic carbocycles. The second-order valence-electron chi connectivity index (χ2n) is 10.7. The number of fused-ring (bicyclic) bond motifs is 4. The average molecular weight is 495 g/mol. The molecule has 2 aliphatic rings. The van der Waals surface area contributed by atoms with Crippen molar-refractivity contribution in [2.75, 3.05) is 11.9 Å². The van der Waals surface area contributed by atoms with Crippen LogP contribution in [0.25, 0.3) is 10.2 Å². The van der Waals surface area contributed by atoms with Gasteiger partial charge in [0.2, 0.25) is 0 Å². The highest BCUT2D eigenvalue weighted by molar-refractivity contribution is 7.18. The van der Waals surface area contributed by atoms with Gasteiger partial charge in [0, 0.05) is 17.5 Å². The third kappa shape index (κ3) is 3.86. The normalized spacial score (nSPS) is 20.9. The molecule has 0 saturated carbocycles. The van der Waals surface area contributed by atoms with Crippen LogP contribution in [-0.2, 0) is 17.6 Å². The Hall–Kier alpha value is -3.07. The lowest BCUT2D eigenvalue weighted by Crippen LogP contribution is -2.42. The smallest absolute Gasteiger partial charge is 0.279 e. The van der Waals surface area contributed by atoms with E-state index in [2.05, 4.69) is 31.1 Å². The molecule has 0 bridgehead atoms. The number of hydrogen-bond donors (Lipinski definition) is 0. The van der Waals surface area contributed by atoms with Crippen LogP contribution in [0.15, 0.2) is 23.0 Å². The van der Waals surface area contributed by atoms with Crippen LogP contribution in [0.2, 0.25) is 0 Å². The monoisotopic (exact) mass is 494 g/mol. The van der Waals surface area contributed by atoms with E-state index < -0.39 is 12.1 Å². The van der Waals surface area contributed by atoms with Crippen molar-refractivity contribution in [2.24, 2.45) is 11.3 Å². The van der Waals surface area contributed by atoms with E-state index >= 15 is 0 Å². The Balaban J connectivity index is 1.49. The number of Topliss-reactive ketones (excluding diaryl/α,β-unsaturated/α-hetero) is 1. The largest absolute Gasteiger partial charge is 0.479 e. The van der Waals surface area contributed by atoms with Crippen LogP contribution in [0.4, 0.5) is 5.69 Å². The van der Waals surface area contributed by atoms with Crippen molar-refractivity contribution >= 4 is 38.9 Å². The fourth-order valence-corrected chi connectivity index (χ4v) is 6.35. The molecule has 3 unspecified atom stereocenters. The summed E-state index contributed by atoms with van der Waals surface area (Å²) in [5.74, 6) is 0.638. The molecule has 5 rings (SSSR count). The Morgan fingerprint density at radius 3 is 2.71 bits per heavy atom. The first-order chi connectivity index (χ1) is 16.5. The van der Waals surface area contributed by atoms with Crippen molar-refractivity contribution in [1.29, 1.82) is 0 Å². The maximum Gasteiger partial charge on any atom is 0.279 e. The van der Waals surface area contributed by atoms with Gasteiger partial charge in [0.25, 0.3) is 11.5 Å². The van der Waals surface area contributed by atoms with Gasteiger partial charge in [-0.15, -0.1) is 16.4 Å². The Labute approximate surface area is 207 Å². The summed E-state index contributed by atoms with van der Waals surface area (Å²) in [7, 11) is 1.66. The van der Waals surface area contributed by atoms with E-state index in [0.717, 1.165) is 24.8 Å². The summed E-state index contributed by atoms with van der Waals surface area (Å²) < 4.78 is 6.85. The fourth-order valence-electron chi connectivity index (χ4n) is 5.12. The number of amides is 1. The number of anilines is 1. The SMILES string of the molecule is CC1Oc2ccc(C(=O)C(C)n3nnc4sc5c(c4c3=O)CCC(C(C)(C)C)C5)cc2N(C)C1=O. The molecular formula is C26H30N4O4S. The molecule has 8 nitrogen and oxygen atoms in total. The molecule has 35 heavy (non-hydrogen) atoms. The zero-order valence-electron chi connectivity index (χ0n) is 20.9. The minimum atomic E-state index is -0.844. The van der Waals surface area contributed by atoms with Crippen molar-refractivity contribution in [3.63, 3.8) is 0 Å². The predicted octanol–water partition coefficient (Wildman–Crippen LogP) is 4.19. The molecule has 3 heterocycles. The number of ether oxygens (including phenoxy) is 1. The number of aryl methyl sites for hydroxylation is 1. The molecule has 0 N–H and O–H groups in total. The average Bonchev–Trinajstić information content (AvgIpc) is 3.20. The zero-order chi connectivity index (χ0) is 25.2. The van der Waals surface area contributed by atoms with Crippen molar-refractivity contribution in [3.8, 4) is 5.75 Å². The Kier molecular flexibility index (Phi) is 5.58. The highest BCUT2D eigenvalue weighted by Crippen LogP contribution is 2.42. The summed E-state index contributed by atoms with van der Waals surface area (Å²) in [6.45, 7) is 10.1. The van der Waals surface area contributed by atoms with Gasteiger partial charge in [0.05, 0.1) is 11.1 Å². The molecule has 9 heteroatoms. The number of hydrogen-bond acceptors (Lipinski definition) is 7. The van der Waals surface area contributed by atoms with Crippen molar-refractivity contribution in [2.45, 2.75) is 66.0 Å². The summed E-state index contributed by atoms with van der Waals surface area (Å²) in [5.41, 5.74) is 1.91. The highest BCUT2D eigenvalue weighted by atomic mass is 32.1. The first-order valence-corrected chi connectivity index (χ1v) is 12.8. The van der Waals surface area contributed by atoms with E-state index in [4.69, 9.17) is 4.74 Å². The Morgan fingerprint density at radius 2 is 2.00 bits per heavy atom. The molecule has 0 spiro atoms. The zero-order valence-corrected chi connectivity index (χ0v) is 21.7. The van der Waals surface area contributed by atoms with Crippen LogP contribution in [0.5, 0.6) is 5.75 Å². The molecule has 0 saturated heterocycles. The number of carbonyl (C=O) groups is 2. The van der Waals surface area contributed by atoms with Crippen molar-refractivity contribution in [1.82, 2.24) is 15.0 Å². The molecule has 0 radical (unpaired) electrons. The van der Waals surface area contributed by atoms with Gasteiger partial charge in [0.15, 0.2) is 16.7 Å². The van der Waals surface area contributed by atoms with E-state index in [0.29, 0.717) is 33.1 Å². The van der Waals surface area contributed by atoms with E-state index in [9.17, 15) is 14.4 Å². The first-order valence-electron chi connectivity index (χ1n) is 12.0. The summed E-state index contributed by atoms with van der Waals surface area (Å²) in [6.07, 6.45) is 2.23. The minimum absolute atomic E-state index is 0.182. The molecular weight excluding hydrogens is 464 g/mol. The van der Waals surface area contributed by atoms with Gasteiger partial charge in [-0.3, -0.25) is 14.4 Å². The first kappa shape index (κ1) is 23.7. The molecule has 3 aromatic rings. The lowest BCUT2D eigenvalue weighted by Gasteiger charge is -2.33. The maximum absolute atomic E-state index is 13.5. The van der Waals surface area contributed by atoms with E-state index in [1.165, 1.54) is 14.5 Å². The van der Waals surface area contributed by atoms with Gasteiger partial charge in [-0.25, -0.2) is 0 Å². The molecule has 0 fully saturated rings. The quantitative estimate of drug-likeness (QED) is 0.507. The van der Waals surface area contributed by atoms with Crippen LogP contribution in [0.3, 0.4) is 0 Å². The van der Waals surface area contributed by atoms with E-state index in [-0.39, 0.29) is 22.7 Å². The van der Waals surface area contributed by atoms with Gasteiger partial charge in [0.1, 0.15) is 11.8 Å². The number of thiophene rings is 1. The third-order valence-electron chi connectivity index (χ3n) is 7.46. The molecule has 3 atom stereocenters. The topological polar surface area (TPSA) is 94.4 Å². The fraction of sp³-hybridized carbons (Fsp3) is 0.500. The van der Waals surface area contributed by atoms with E-state index in [1.807, 2.05) is 0 Å². The lowest BCUT2D eigenvalue weighted by molar-refractivity contribution is -0.125. The van der Waals surface area contributed by atoms with Crippen molar-refractivity contribution < 1.29 is 14.3 Å². The Morgan fingerprint density at radius 1 is 1.26 bits per heavy atom. The number of rotatable bonds is 3. The highest BCUT2D eigenvalue weighted by Gasteiger charge is 2.33. The maximum atomic E-state index is 13.5. The lowest BCUT2D eigenvalue weighted by atomic mass is 9.72.